The van der Waals surface area contributed by atoms with Crippen molar-refractivity contribution in [3.8, 4) is 5.88 Å². The molecule has 0 N–H and O–H groups in total. The second kappa shape index (κ2) is 6.24. The molecule has 0 radical (unpaired) electrons. The highest BCUT2D eigenvalue weighted by Crippen LogP contribution is 2.34. The summed E-state index contributed by atoms with van der Waals surface area (Å²) in [6.45, 7) is 2.96. The number of methoxy groups -OCH3 is 1. The number of benzene rings is 1. The maximum atomic E-state index is 13.0. The van der Waals surface area contributed by atoms with Gasteiger partial charge in [0.1, 0.15) is 0 Å². The fraction of sp³-hybridized carbons (Fsp3) is 0.353. The molecule has 1 aliphatic rings. The van der Waals surface area contributed by atoms with Crippen LogP contribution in [-0.2, 0) is 0 Å². The average molecular weight is 312 g/mol. The van der Waals surface area contributed by atoms with Gasteiger partial charge in [-0.3, -0.25) is 4.79 Å². The quantitative estimate of drug-likeness (QED) is 0.852. The van der Waals surface area contributed by atoms with Crippen LogP contribution in [-0.4, -0.2) is 42.8 Å². The van der Waals surface area contributed by atoms with Crippen molar-refractivity contribution >= 4 is 17.3 Å². The Balaban J connectivity index is 2.01. The minimum atomic E-state index is -0.143. The lowest BCUT2D eigenvalue weighted by molar-refractivity contribution is 0.0972. The predicted molar refractivity (Wildman–Crippen MR) is 89.2 cm³/mol. The number of nitrogens with zero attached hydrogens (tertiary/aromatic N) is 4. The number of aromatic nitrogens is 2. The van der Waals surface area contributed by atoms with Gasteiger partial charge in [0.2, 0.25) is 5.88 Å². The minimum absolute atomic E-state index is 0.0810. The van der Waals surface area contributed by atoms with Crippen LogP contribution >= 0.6 is 0 Å². The summed E-state index contributed by atoms with van der Waals surface area (Å²) < 4.78 is 5.00. The standard InChI is InChI=1S/C17H20N4O2/c1-12-10-11-20(2)14-6-4-5-7-15(14)21(12)17(22)13-8-9-16(23-3)19-18-13/h4-9,12H,10-11H2,1-3H3/t12-/m0/s1. The number of hydrogen-bond donors (Lipinski definition) is 0. The molecular formula is C17H20N4O2. The second-order valence-corrected chi connectivity index (χ2v) is 5.68. The smallest absolute Gasteiger partial charge is 0.279 e. The number of carbonyl (C=O) groups excluding carboxylic acids is 1. The third kappa shape index (κ3) is 2.84. The second-order valence-electron chi connectivity index (χ2n) is 5.68. The largest absolute Gasteiger partial charge is 0.480 e. The Bertz CT molecular complexity index is 702. The van der Waals surface area contributed by atoms with Gasteiger partial charge in [-0.2, -0.15) is 0 Å². The van der Waals surface area contributed by atoms with Gasteiger partial charge >= 0.3 is 0 Å². The molecule has 6 heteroatoms. The highest BCUT2D eigenvalue weighted by Gasteiger charge is 2.29. The molecule has 1 aromatic carbocycles. The summed E-state index contributed by atoms with van der Waals surface area (Å²) >= 11 is 0. The highest BCUT2D eigenvalue weighted by molar-refractivity contribution is 6.07. The normalized spacial score (nSPS) is 17.4. The average Bonchev–Trinajstić information content (AvgIpc) is 2.72. The van der Waals surface area contributed by atoms with E-state index in [-0.39, 0.29) is 11.9 Å². The molecule has 0 aliphatic carbocycles. The number of rotatable bonds is 2. The molecule has 3 rings (SSSR count). The molecule has 0 spiro atoms. The predicted octanol–water partition coefficient (Wildman–Crippen LogP) is 2.36. The van der Waals surface area contributed by atoms with E-state index < -0.39 is 0 Å². The molecule has 0 bridgehead atoms. The van der Waals surface area contributed by atoms with E-state index in [1.54, 1.807) is 12.1 Å². The van der Waals surface area contributed by atoms with Crippen molar-refractivity contribution in [1.82, 2.24) is 10.2 Å². The fourth-order valence-corrected chi connectivity index (χ4v) is 2.83. The van der Waals surface area contributed by atoms with Crippen LogP contribution in [0, 0.1) is 0 Å². The van der Waals surface area contributed by atoms with Gasteiger partial charge in [-0.25, -0.2) is 0 Å². The number of fused-ring (bicyclic) bond motifs is 1. The van der Waals surface area contributed by atoms with Crippen molar-refractivity contribution in [3.05, 3.63) is 42.1 Å². The highest BCUT2D eigenvalue weighted by atomic mass is 16.5. The van der Waals surface area contributed by atoms with Crippen LogP contribution in [0.4, 0.5) is 11.4 Å². The summed E-state index contributed by atoms with van der Waals surface area (Å²) in [5.41, 5.74) is 2.27. The zero-order chi connectivity index (χ0) is 16.4. The van der Waals surface area contributed by atoms with Crippen LogP contribution in [0.5, 0.6) is 5.88 Å². The number of hydrogen-bond acceptors (Lipinski definition) is 5. The van der Waals surface area contributed by atoms with Crippen molar-refractivity contribution in [2.75, 3.05) is 30.5 Å². The van der Waals surface area contributed by atoms with Crippen molar-refractivity contribution in [2.45, 2.75) is 19.4 Å². The zero-order valence-corrected chi connectivity index (χ0v) is 13.6. The van der Waals surface area contributed by atoms with Crippen molar-refractivity contribution < 1.29 is 9.53 Å². The van der Waals surface area contributed by atoms with Crippen LogP contribution in [0.3, 0.4) is 0 Å². The van der Waals surface area contributed by atoms with E-state index in [1.165, 1.54) is 7.11 Å². The van der Waals surface area contributed by atoms with Gasteiger partial charge in [0.15, 0.2) is 5.69 Å². The lowest BCUT2D eigenvalue weighted by Gasteiger charge is -2.28. The van der Waals surface area contributed by atoms with Crippen molar-refractivity contribution in [3.63, 3.8) is 0 Å². The molecule has 1 amide bonds. The summed E-state index contributed by atoms with van der Waals surface area (Å²) in [6.07, 6.45) is 0.889. The molecule has 0 fully saturated rings. The Morgan fingerprint density at radius 1 is 1.17 bits per heavy atom. The Kier molecular flexibility index (Phi) is 4.14. The molecule has 1 aliphatic heterocycles. The van der Waals surface area contributed by atoms with Crippen molar-refractivity contribution in [1.29, 1.82) is 0 Å². The summed E-state index contributed by atoms with van der Waals surface area (Å²) in [4.78, 5) is 17.0. The molecule has 1 aromatic heterocycles. The molecule has 0 saturated carbocycles. The SMILES string of the molecule is COc1ccc(C(=O)N2c3ccccc3N(C)CC[C@@H]2C)nn1. The topological polar surface area (TPSA) is 58.6 Å². The summed E-state index contributed by atoms with van der Waals surface area (Å²) in [5, 5.41) is 7.90. The Labute approximate surface area is 135 Å². The molecule has 6 nitrogen and oxygen atoms in total. The van der Waals surface area contributed by atoms with Crippen molar-refractivity contribution in [2.24, 2.45) is 0 Å². The summed E-state index contributed by atoms with van der Waals surface area (Å²) in [6, 6.07) is 11.3. The zero-order valence-electron chi connectivity index (χ0n) is 13.6. The van der Waals surface area contributed by atoms with Gasteiger partial charge in [0, 0.05) is 25.7 Å². The van der Waals surface area contributed by atoms with Gasteiger partial charge in [0.05, 0.1) is 18.5 Å². The molecule has 120 valence electrons. The maximum Gasteiger partial charge on any atom is 0.279 e. The molecular weight excluding hydrogens is 292 g/mol. The minimum Gasteiger partial charge on any atom is -0.480 e. The first kappa shape index (κ1) is 15.3. The molecule has 2 aromatic rings. The molecule has 23 heavy (non-hydrogen) atoms. The van der Waals surface area contributed by atoms with E-state index >= 15 is 0 Å². The van der Waals surface area contributed by atoms with E-state index in [1.807, 2.05) is 36.2 Å². The summed E-state index contributed by atoms with van der Waals surface area (Å²) in [5.74, 6) is 0.251. The number of ether oxygens (including phenoxy) is 1. The number of carbonyl (C=O) groups is 1. The first-order chi connectivity index (χ1) is 11.1. The van der Waals surface area contributed by atoms with E-state index in [0.717, 1.165) is 24.3 Å². The fourth-order valence-electron chi connectivity index (χ4n) is 2.83. The van der Waals surface area contributed by atoms with Gasteiger partial charge in [-0.15, -0.1) is 10.2 Å². The van der Waals surface area contributed by atoms with Crippen LogP contribution < -0.4 is 14.5 Å². The lowest BCUT2D eigenvalue weighted by Crippen LogP contribution is -2.39. The Morgan fingerprint density at radius 3 is 2.57 bits per heavy atom. The molecule has 0 saturated heterocycles. The monoisotopic (exact) mass is 312 g/mol. The van der Waals surface area contributed by atoms with E-state index in [0.29, 0.717) is 11.6 Å². The third-order valence-corrected chi connectivity index (χ3v) is 4.16. The van der Waals surface area contributed by atoms with Crippen LogP contribution in [0.1, 0.15) is 23.8 Å². The Hall–Kier alpha value is -2.63. The molecule has 2 heterocycles. The lowest BCUT2D eigenvalue weighted by atomic mass is 10.1. The Morgan fingerprint density at radius 2 is 1.91 bits per heavy atom. The number of anilines is 2. The number of amides is 1. The van der Waals surface area contributed by atoms with Crippen LogP contribution in [0.25, 0.3) is 0 Å². The van der Waals surface area contributed by atoms with Crippen LogP contribution in [0.15, 0.2) is 36.4 Å². The first-order valence-electron chi connectivity index (χ1n) is 7.63. The van der Waals surface area contributed by atoms with Gasteiger partial charge in [0.25, 0.3) is 5.91 Å². The van der Waals surface area contributed by atoms with Gasteiger partial charge in [-0.05, 0) is 31.5 Å². The number of para-hydroxylation sites is 2. The van der Waals surface area contributed by atoms with E-state index in [9.17, 15) is 4.79 Å². The molecule has 1 atom stereocenters. The maximum absolute atomic E-state index is 13.0. The van der Waals surface area contributed by atoms with E-state index in [4.69, 9.17) is 4.74 Å². The van der Waals surface area contributed by atoms with Crippen LogP contribution in [0.2, 0.25) is 0 Å². The third-order valence-electron chi connectivity index (χ3n) is 4.16. The summed E-state index contributed by atoms with van der Waals surface area (Å²) in [7, 11) is 3.57. The molecule has 0 unspecified atom stereocenters. The van der Waals surface area contributed by atoms with E-state index in [2.05, 4.69) is 22.0 Å². The van der Waals surface area contributed by atoms with Gasteiger partial charge in [-0.1, -0.05) is 12.1 Å². The first-order valence-corrected chi connectivity index (χ1v) is 7.63. The van der Waals surface area contributed by atoms with Gasteiger partial charge < -0.3 is 14.5 Å².